The molecular weight excluding hydrogens is 265 g/mol. The molecule has 0 aromatic rings. The minimum atomic E-state index is -4.30. The van der Waals surface area contributed by atoms with Crippen LogP contribution in [0.5, 0.6) is 0 Å². The largest absolute Gasteiger partial charge is 0.406 e. The van der Waals surface area contributed by atoms with E-state index in [4.69, 9.17) is 0 Å². The number of amides is 1. The molecular formula is C11H17F3N2OS. The highest BCUT2D eigenvalue weighted by molar-refractivity contribution is 7.99. The second-order valence-electron chi connectivity index (χ2n) is 4.87. The molecule has 2 aliphatic rings. The van der Waals surface area contributed by atoms with Gasteiger partial charge in [0.2, 0.25) is 5.91 Å². The number of halogens is 3. The number of alkyl halides is 3. The van der Waals surface area contributed by atoms with E-state index in [2.05, 4.69) is 5.32 Å². The number of likely N-dealkylation sites (tertiary alicyclic amines) is 1. The lowest BCUT2D eigenvalue weighted by molar-refractivity contribution is -0.157. The molecule has 2 unspecified atom stereocenters. The van der Waals surface area contributed by atoms with Crippen LogP contribution in [-0.4, -0.2) is 53.7 Å². The van der Waals surface area contributed by atoms with Gasteiger partial charge in [0, 0.05) is 30.8 Å². The Labute approximate surface area is 108 Å². The Kier molecular flexibility index (Phi) is 4.42. The monoisotopic (exact) mass is 282 g/mol. The standard InChI is InChI=1S/C11H17F3N2OS/c12-11(13,14)7-16-5-9(4-10(16)17)15-8-2-1-3-18-6-8/h8-9,15H,1-7H2. The van der Waals surface area contributed by atoms with Crippen LogP contribution < -0.4 is 5.32 Å². The zero-order chi connectivity index (χ0) is 13.2. The van der Waals surface area contributed by atoms with Gasteiger partial charge in [0.1, 0.15) is 6.54 Å². The lowest BCUT2D eigenvalue weighted by Crippen LogP contribution is -2.43. The summed E-state index contributed by atoms with van der Waals surface area (Å²) in [4.78, 5) is 12.4. The van der Waals surface area contributed by atoms with Gasteiger partial charge >= 0.3 is 6.18 Å². The Bertz CT molecular complexity index is 305. The molecule has 7 heteroatoms. The summed E-state index contributed by atoms with van der Waals surface area (Å²) in [6.45, 7) is -0.942. The van der Waals surface area contributed by atoms with Gasteiger partial charge < -0.3 is 10.2 Å². The maximum Gasteiger partial charge on any atom is 0.406 e. The molecule has 0 saturated carbocycles. The van der Waals surface area contributed by atoms with Crippen LogP contribution in [0.2, 0.25) is 0 Å². The van der Waals surface area contributed by atoms with Gasteiger partial charge in [-0.1, -0.05) is 0 Å². The summed E-state index contributed by atoms with van der Waals surface area (Å²) in [5, 5.41) is 3.31. The first-order valence-electron chi connectivity index (χ1n) is 6.12. The Hall–Kier alpha value is -0.430. The Morgan fingerprint density at radius 3 is 2.78 bits per heavy atom. The summed E-state index contributed by atoms with van der Waals surface area (Å²) in [5.74, 6) is 1.75. The van der Waals surface area contributed by atoms with Gasteiger partial charge in [-0.3, -0.25) is 4.79 Å². The topological polar surface area (TPSA) is 32.3 Å². The molecule has 0 radical (unpaired) electrons. The van der Waals surface area contributed by atoms with E-state index in [9.17, 15) is 18.0 Å². The van der Waals surface area contributed by atoms with Crippen molar-refractivity contribution in [2.24, 2.45) is 0 Å². The molecule has 0 aromatic heterocycles. The first-order valence-corrected chi connectivity index (χ1v) is 7.28. The number of thioether (sulfide) groups is 1. The third-order valence-electron chi connectivity index (χ3n) is 3.22. The third kappa shape index (κ3) is 4.05. The molecule has 0 aromatic carbocycles. The zero-order valence-electron chi connectivity index (χ0n) is 10.0. The SMILES string of the molecule is O=C1CC(NC2CCCSC2)CN1CC(F)(F)F. The van der Waals surface area contributed by atoms with E-state index < -0.39 is 18.6 Å². The molecule has 2 atom stereocenters. The van der Waals surface area contributed by atoms with Gasteiger partial charge in [-0.2, -0.15) is 24.9 Å². The number of carbonyl (C=O) groups excluding carboxylic acids is 1. The maximum absolute atomic E-state index is 12.2. The molecule has 2 fully saturated rings. The van der Waals surface area contributed by atoms with Gasteiger partial charge in [-0.05, 0) is 18.6 Å². The fourth-order valence-electron chi connectivity index (χ4n) is 2.46. The minimum Gasteiger partial charge on any atom is -0.332 e. The zero-order valence-corrected chi connectivity index (χ0v) is 10.8. The van der Waals surface area contributed by atoms with E-state index in [0.29, 0.717) is 6.04 Å². The van der Waals surface area contributed by atoms with Crippen LogP contribution in [0.15, 0.2) is 0 Å². The fourth-order valence-corrected chi connectivity index (χ4v) is 3.54. The Morgan fingerprint density at radius 1 is 1.39 bits per heavy atom. The highest BCUT2D eigenvalue weighted by atomic mass is 32.2. The van der Waals surface area contributed by atoms with Crippen molar-refractivity contribution in [3.8, 4) is 0 Å². The van der Waals surface area contributed by atoms with Crippen LogP contribution >= 0.6 is 11.8 Å². The summed E-state index contributed by atoms with van der Waals surface area (Å²) < 4.78 is 36.7. The number of hydrogen-bond donors (Lipinski definition) is 1. The van der Waals surface area contributed by atoms with Crippen molar-refractivity contribution >= 4 is 17.7 Å². The normalized spacial score (nSPS) is 29.9. The first-order chi connectivity index (χ1) is 8.44. The lowest BCUT2D eigenvalue weighted by atomic mass is 10.1. The van der Waals surface area contributed by atoms with Crippen LogP contribution in [0.25, 0.3) is 0 Å². The van der Waals surface area contributed by atoms with Gasteiger partial charge in [0.15, 0.2) is 0 Å². The quantitative estimate of drug-likeness (QED) is 0.854. The number of carbonyl (C=O) groups is 1. The molecule has 2 aliphatic heterocycles. The van der Waals surface area contributed by atoms with Crippen molar-refractivity contribution in [1.29, 1.82) is 0 Å². The Balaban J connectivity index is 1.80. The molecule has 2 heterocycles. The van der Waals surface area contributed by atoms with Crippen molar-refractivity contribution in [3.63, 3.8) is 0 Å². The molecule has 1 N–H and O–H groups in total. The van der Waals surface area contributed by atoms with E-state index in [0.717, 1.165) is 29.2 Å². The van der Waals surface area contributed by atoms with E-state index in [1.165, 1.54) is 0 Å². The molecule has 0 aliphatic carbocycles. The van der Waals surface area contributed by atoms with E-state index >= 15 is 0 Å². The highest BCUT2D eigenvalue weighted by Crippen LogP contribution is 2.23. The lowest BCUT2D eigenvalue weighted by Gasteiger charge is -2.26. The molecule has 0 bridgehead atoms. The van der Waals surface area contributed by atoms with Gasteiger partial charge in [-0.15, -0.1) is 0 Å². The van der Waals surface area contributed by atoms with Crippen molar-refractivity contribution in [1.82, 2.24) is 10.2 Å². The van der Waals surface area contributed by atoms with Crippen LogP contribution in [0.4, 0.5) is 13.2 Å². The predicted molar refractivity (Wildman–Crippen MR) is 64.5 cm³/mol. The third-order valence-corrected chi connectivity index (χ3v) is 4.43. The van der Waals surface area contributed by atoms with E-state index in [1.807, 2.05) is 11.8 Å². The molecule has 3 nitrogen and oxygen atoms in total. The molecule has 104 valence electrons. The van der Waals surface area contributed by atoms with Crippen LogP contribution in [0, 0.1) is 0 Å². The second kappa shape index (κ2) is 5.69. The summed E-state index contributed by atoms with van der Waals surface area (Å²) in [5.41, 5.74) is 0. The van der Waals surface area contributed by atoms with Crippen molar-refractivity contribution in [2.75, 3.05) is 24.6 Å². The van der Waals surface area contributed by atoms with Gasteiger partial charge in [0.25, 0.3) is 0 Å². The van der Waals surface area contributed by atoms with Crippen molar-refractivity contribution in [3.05, 3.63) is 0 Å². The summed E-state index contributed by atoms with van der Waals surface area (Å²) in [6, 6.07) is 0.218. The fraction of sp³-hybridized carbons (Fsp3) is 0.909. The van der Waals surface area contributed by atoms with Gasteiger partial charge in [0.05, 0.1) is 0 Å². The summed E-state index contributed by atoms with van der Waals surface area (Å²) in [7, 11) is 0. The Morgan fingerprint density at radius 2 is 2.17 bits per heavy atom. The molecule has 18 heavy (non-hydrogen) atoms. The second-order valence-corrected chi connectivity index (χ2v) is 6.02. The van der Waals surface area contributed by atoms with Gasteiger partial charge in [-0.25, -0.2) is 0 Å². The molecule has 1 amide bonds. The van der Waals surface area contributed by atoms with E-state index in [-0.39, 0.29) is 19.0 Å². The highest BCUT2D eigenvalue weighted by Gasteiger charge is 2.38. The number of nitrogens with zero attached hydrogens (tertiary/aromatic N) is 1. The van der Waals surface area contributed by atoms with Crippen molar-refractivity contribution in [2.45, 2.75) is 37.5 Å². The molecule has 0 spiro atoms. The molecule has 2 saturated heterocycles. The average Bonchev–Trinajstić information content (AvgIpc) is 2.58. The molecule has 2 rings (SSSR count). The number of hydrogen-bond acceptors (Lipinski definition) is 3. The first kappa shape index (κ1) is 14.0. The summed E-state index contributed by atoms with van der Waals surface area (Å²) >= 11 is 1.86. The minimum absolute atomic E-state index is 0.122. The number of rotatable bonds is 3. The maximum atomic E-state index is 12.2. The average molecular weight is 282 g/mol. The summed E-state index contributed by atoms with van der Waals surface area (Å²) in [6.07, 6.45) is -1.92. The number of nitrogens with one attached hydrogen (secondary N) is 1. The predicted octanol–water partition coefficient (Wildman–Crippen LogP) is 1.63. The van der Waals surface area contributed by atoms with Crippen LogP contribution in [0.1, 0.15) is 19.3 Å². The van der Waals surface area contributed by atoms with Crippen LogP contribution in [-0.2, 0) is 4.79 Å². The van der Waals surface area contributed by atoms with Crippen LogP contribution in [0.3, 0.4) is 0 Å². The van der Waals surface area contributed by atoms with E-state index in [1.54, 1.807) is 0 Å². The smallest absolute Gasteiger partial charge is 0.332 e. The van der Waals surface area contributed by atoms with Crippen molar-refractivity contribution < 1.29 is 18.0 Å².